The average Bonchev–Trinajstić information content (AvgIpc) is 2.72. The van der Waals surface area contributed by atoms with Gasteiger partial charge in [0, 0.05) is 17.7 Å². The Morgan fingerprint density at radius 1 is 1.27 bits per heavy atom. The molecule has 86 valence electrons. The molecule has 1 aliphatic rings. The summed E-state index contributed by atoms with van der Waals surface area (Å²) >= 11 is 5.84. The molecule has 0 amide bonds. The van der Waals surface area contributed by atoms with Crippen LogP contribution in [0.15, 0.2) is 6.07 Å². The van der Waals surface area contributed by atoms with Crippen molar-refractivity contribution in [1.82, 2.24) is 4.98 Å². The van der Waals surface area contributed by atoms with Gasteiger partial charge in [0.2, 0.25) is 0 Å². The fraction of sp³-hybridized carbons (Fsp3) is 0.583. The molecular weight excluding hydrogens is 210 g/mol. The van der Waals surface area contributed by atoms with Crippen molar-refractivity contribution in [2.24, 2.45) is 0 Å². The lowest BCUT2D eigenvalue weighted by atomic mass is 10.2. The molecule has 0 fully saturated rings. The first-order valence-electron chi connectivity index (χ1n) is 5.56. The molecule has 0 atom stereocenters. The van der Waals surface area contributed by atoms with Crippen LogP contribution in [0.25, 0.3) is 0 Å². The van der Waals surface area contributed by atoms with Crippen LogP contribution in [0.4, 0.5) is 0 Å². The normalized spacial score (nSPS) is 11.3. The van der Waals surface area contributed by atoms with Gasteiger partial charge < -0.3 is 4.74 Å². The van der Waals surface area contributed by atoms with E-state index in [0.717, 1.165) is 24.5 Å². The fourth-order valence-corrected chi connectivity index (χ4v) is 1.60. The molecule has 0 aromatic carbocycles. The number of pyridine rings is 1. The third-order valence-electron chi connectivity index (χ3n) is 1.75. The number of hydrogen-bond donors (Lipinski definition) is 0. The van der Waals surface area contributed by atoms with Crippen LogP contribution in [0, 0.1) is 6.92 Å². The second kappa shape index (κ2) is 7.52. The molecule has 0 spiro atoms. The van der Waals surface area contributed by atoms with Crippen LogP contribution in [-0.2, 0) is 6.42 Å². The third kappa shape index (κ3) is 3.71. The molecule has 0 aliphatic carbocycles. The molecule has 0 saturated heterocycles. The molecule has 1 aromatic rings. The fourth-order valence-electron chi connectivity index (χ4n) is 1.29. The number of ether oxygens (including phenoxy) is 1. The van der Waals surface area contributed by atoms with Crippen molar-refractivity contribution in [1.29, 1.82) is 0 Å². The van der Waals surface area contributed by atoms with Crippen molar-refractivity contribution in [2.75, 3.05) is 6.61 Å². The highest BCUT2D eigenvalue weighted by molar-refractivity contribution is 6.31. The molecule has 2 nitrogen and oxygen atoms in total. The first-order valence-corrected chi connectivity index (χ1v) is 5.94. The molecule has 1 aliphatic heterocycles. The summed E-state index contributed by atoms with van der Waals surface area (Å²) in [5.41, 5.74) is 2.14. The van der Waals surface area contributed by atoms with Gasteiger partial charge in [-0.2, -0.15) is 0 Å². The Morgan fingerprint density at radius 2 is 1.87 bits per heavy atom. The summed E-state index contributed by atoms with van der Waals surface area (Å²) in [6.45, 7) is 10.7. The van der Waals surface area contributed by atoms with Crippen molar-refractivity contribution >= 4 is 11.6 Å². The van der Waals surface area contributed by atoms with E-state index in [1.165, 1.54) is 5.56 Å². The Hall–Kier alpha value is -0.760. The number of halogens is 1. The number of nitrogens with zero attached hydrogens (tertiary/aromatic N) is 1. The van der Waals surface area contributed by atoms with Crippen molar-refractivity contribution in [3.05, 3.63) is 22.5 Å². The minimum atomic E-state index is 0.498. The van der Waals surface area contributed by atoms with Gasteiger partial charge in [0.15, 0.2) is 10.9 Å². The smallest absolute Gasteiger partial charge is 0.171 e. The minimum absolute atomic E-state index is 0.498. The molecule has 15 heavy (non-hydrogen) atoms. The van der Waals surface area contributed by atoms with E-state index >= 15 is 0 Å². The lowest BCUT2D eigenvalue weighted by Gasteiger charge is -2.01. The highest BCUT2D eigenvalue weighted by Gasteiger charge is 2.16. The van der Waals surface area contributed by atoms with E-state index in [0.29, 0.717) is 5.15 Å². The lowest BCUT2D eigenvalue weighted by Crippen LogP contribution is -1.88. The van der Waals surface area contributed by atoms with E-state index in [1.807, 2.05) is 40.7 Å². The standard InChI is InChI=1S/C8H8ClNO.2C2H6/c1-5-4-6-2-3-11-7(6)8(9)10-5;2*1-2/h4H,2-3H2,1H3;2*1-2H3. The van der Waals surface area contributed by atoms with E-state index in [2.05, 4.69) is 4.98 Å². The predicted molar refractivity (Wildman–Crippen MR) is 65.9 cm³/mol. The number of hydrogen-bond acceptors (Lipinski definition) is 2. The number of rotatable bonds is 0. The van der Waals surface area contributed by atoms with Crippen LogP contribution < -0.4 is 4.74 Å². The molecule has 3 heteroatoms. The molecule has 2 rings (SSSR count). The van der Waals surface area contributed by atoms with Crippen LogP contribution >= 0.6 is 11.6 Å². The second-order valence-electron chi connectivity index (χ2n) is 2.64. The van der Waals surface area contributed by atoms with Crippen LogP contribution in [0.1, 0.15) is 39.0 Å². The molecule has 0 unspecified atom stereocenters. The van der Waals surface area contributed by atoms with Gasteiger partial charge in [0.05, 0.1) is 6.61 Å². The maximum absolute atomic E-state index is 5.84. The summed E-state index contributed by atoms with van der Waals surface area (Å²) in [4.78, 5) is 4.09. The van der Waals surface area contributed by atoms with E-state index in [9.17, 15) is 0 Å². The molecule has 0 saturated carbocycles. The molecule has 0 bridgehead atoms. The van der Waals surface area contributed by atoms with Crippen LogP contribution in [0.2, 0.25) is 5.15 Å². The Labute approximate surface area is 97.6 Å². The summed E-state index contributed by atoms with van der Waals surface area (Å²) in [6.07, 6.45) is 0.957. The Kier molecular flexibility index (Phi) is 7.14. The maximum atomic E-state index is 5.84. The maximum Gasteiger partial charge on any atom is 0.171 e. The third-order valence-corrected chi connectivity index (χ3v) is 2.01. The van der Waals surface area contributed by atoms with Crippen molar-refractivity contribution in [2.45, 2.75) is 41.0 Å². The quantitative estimate of drug-likeness (QED) is 0.627. The Morgan fingerprint density at radius 3 is 2.47 bits per heavy atom. The zero-order valence-electron chi connectivity index (χ0n) is 10.2. The van der Waals surface area contributed by atoms with Gasteiger partial charge in [-0.05, 0) is 13.0 Å². The average molecular weight is 230 g/mol. The Balaban J connectivity index is 0.000000442. The highest BCUT2D eigenvalue weighted by atomic mass is 35.5. The summed E-state index contributed by atoms with van der Waals surface area (Å²) in [5.74, 6) is 0.775. The van der Waals surface area contributed by atoms with Gasteiger partial charge in [0.1, 0.15) is 0 Å². The number of fused-ring (bicyclic) bond motifs is 1. The van der Waals surface area contributed by atoms with Gasteiger partial charge in [-0.25, -0.2) is 4.98 Å². The van der Waals surface area contributed by atoms with Crippen molar-refractivity contribution in [3.63, 3.8) is 0 Å². The molecule has 0 N–H and O–H groups in total. The number of aromatic nitrogens is 1. The van der Waals surface area contributed by atoms with E-state index in [4.69, 9.17) is 16.3 Å². The van der Waals surface area contributed by atoms with Crippen LogP contribution in [0.3, 0.4) is 0 Å². The van der Waals surface area contributed by atoms with Gasteiger partial charge in [-0.15, -0.1) is 0 Å². The molecule has 2 heterocycles. The molecule has 1 aromatic heterocycles. The predicted octanol–water partition coefficient (Wildman–Crippen LogP) is 4.03. The van der Waals surface area contributed by atoms with Crippen LogP contribution in [-0.4, -0.2) is 11.6 Å². The summed E-state index contributed by atoms with van der Waals surface area (Å²) in [6, 6.07) is 2.02. The van der Waals surface area contributed by atoms with Gasteiger partial charge in [-0.3, -0.25) is 0 Å². The van der Waals surface area contributed by atoms with Crippen molar-refractivity contribution in [3.8, 4) is 5.75 Å². The summed E-state index contributed by atoms with van der Waals surface area (Å²) in [5, 5.41) is 0.498. The van der Waals surface area contributed by atoms with Gasteiger partial charge in [0.25, 0.3) is 0 Å². The summed E-state index contributed by atoms with van der Waals surface area (Å²) < 4.78 is 5.29. The largest absolute Gasteiger partial charge is 0.490 e. The van der Waals surface area contributed by atoms with E-state index in [1.54, 1.807) is 0 Å². The summed E-state index contributed by atoms with van der Waals surface area (Å²) in [7, 11) is 0. The van der Waals surface area contributed by atoms with Gasteiger partial charge >= 0.3 is 0 Å². The van der Waals surface area contributed by atoms with Crippen molar-refractivity contribution < 1.29 is 4.74 Å². The minimum Gasteiger partial charge on any atom is -0.490 e. The Bertz CT molecular complexity index is 300. The number of aryl methyl sites for hydroxylation is 1. The second-order valence-corrected chi connectivity index (χ2v) is 3.00. The lowest BCUT2D eigenvalue weighted by molar-refractivity contribution is 0.356. The zero-order valence-corrected chi connectivity index (χ0v) is 11.0. The molecular formula is C12H20ClNO. The highest BCUT2D eigenvalue weighted by Crippen LogP contribution is 2.31. The molecule has 0 radical (unpaired) electrons. The van der Waals surface area contributed by atoms with E-state index < -0.39 is 0 Å². The van der Waals surface area contributed by atoms with Gasteiger partial charge in [-0.1, -0.05) is 39.3 Å². The SMILES string of the molecule is CC.CC.Cc1cc2c(c(Cl)n1)OCC2. The first-order chi connectivity index (χ1) is 7.27. The monoisotopic (exact) mass is 229 g/mol. The van der Waals surface area contributed by atoms with Crippen LogP contribution in [0.5, 0.6) is 5.75 Å². The first kappa shape index (κ1) is 14.2. The van der Waals surface area contributed by atoms with E-state index in [-0.39, 0.29) is 0 Å². The zero-order chi connectivity index (χ0) is 11.8. The topological polar surface area (TPSA) is 22.1 Å².